The zero-order chi connectivity index (χ0) is 12.9. The summed E-state index contributed by atoms with van der Waals surface area (Å²) in [5.41, 5.74) is 0.454. The van der Waals surface area contributed by atoms with E-state index in [0.29, 0.717) is 11.5 Å². The van der Waals surface area contributed by atoms with E-state index in [1.54, 1.807) is 0 Å². The molecule has 1 N–H and O–H groups in total. The van der Waals surface area contributed by atoms with E-state index in [2.05, 4.69) is 25.7 Å². The van der Waals surface area contributed by atoms with E-state index >= 15 is 0 Å². The maximum atomic E-state index is 9.55. The Kier molecular flexibility index (Phi) is 5.94. The maximum absolute atomic E-state index is 9.55. The predicted octanol–water partition coefficient (Wildman–Crippen LogP) is 3.44. The lowest BCUT2D eigenvalue weighted by Crippen LogP contribution is -2.41. The molecule has 1 aliphatic rings. The molecule has 2 unspecified atom stereocenters. The fourth-order valence-corrected chi connectivity index (χ4v) is 2.83. The Morgan fingerprint density at radius 2 is 2.00 bits per heavy atom. The Hall–Kier alpha value is -0.0800. The summed E-state index contributed by atoms with van der Waals surface area (Å²) in [6, 6.07) is 0.628. The number of rotatable bonds is 5. The lowest BCUT2D eigenvalue weighted by molar-refractivity contribution is 0.0835. The van der Waals surface area contributed by atoms with Crippen molar-refractivity contribution in [2.24, 2.45) is 5.41 Å². The summed E-state index contributed by atoms with van der Waals surface area (Å²) in [6.45, 7) is 11.3. The van der Waals surface area contributed by atoms with Gasteiger partial charge in [-0.05, 0) is 57.5 Å². The summed E-state index contributed by atoms with van der Waals surface area (Å²) < 4.78 is 0. The number of aliphatic hydroxyl groups excluding tert-OH is 1. The molecule has 1 rings (SSSR count). The molecule has 102 valence electrons. The fraction of sp³-hybridized carbons (Fsp3) is 1.00. The van der Waals surface area contributed by atoms with Gasteiger partial charge in [-0.25, -0.2) is 0 Å². The first kappa shape index (κ1) is 15.0. The van der Waals surface area contributed by atoms with E-state index in [0.717, 1.165) is 6.42 Å². The summed E-state index contributed by atoms with van der Waals surface area (Å²) in [5, 5.41) is 9.55. The number of hydrogen-bond acceptors (Lipinski definition) is 2. The van der Waals surface area contributed by atoms with Gasteiger partial charge in [0.1, 0.15) is 0 Å². The second-order valence-electron chi connectivity index (χ2n) is 6.93. The van der Waals surface area contributed by atoms with Crippen LogP contribution in [-0.4, -0.2) is 35.2 Å². The molecule has 0 radical (unpaired) electrons. The molecule has 2 atom stereocenters. The molecule has 1 heterocycles. The minimum absolute atomic E-state index is 0.150. The molecule has 0 aliphatic carbocycles. The molecule has 0 spiro atoms. The summed E-state index contributed by atoms with van der Waals surface area (Å²) >= 11 is 0. The smallest absolute Gasteiger partial charge is 0.0527 e. The second kappa shape index (κ2) is 6.75. The summed E-state index contributed by atoms with van der Waals surface area (Å²) in [5.74, 6) is 0. The fourth-order valence-electron chi connectivity index (χ4n) is 2.83. The van der Waals surface area contributed by atoms with Crippen molar-refractivity contribution in [3.05, 3.63) is 0 Å². The van der Waals surface area contributed by atoms with Crippen LogP contribution >= 0.6 is 0 Å². The Morgan fingerprint density at radius 3 is 2.59 bits per heavy atom. The normalized spacial score (nSPS) is 24.9. The van der Waals surface area contributed by atoms with Crippen molar-refractivity contribution in [1.82, 2.24) is 4.90 Å². The van der Waals surface area contributed by atoms with Crippen molar-refractivity contribution in [2.75, 3.05) is 13.1 Å². The topological polar surface area (TPSA) is 23.5 Å². The predicted molar refractivity (Wildman–Crippen MR) is 74.2 cm³/mol. The number of nitrogens with zero attached hydrogens (tertiary/aromatic N) is 1. The molecule has 1 saturated heterocycles. The van der Waals surface area contributed by atoms with Gasteiger partial charge in [0, 0.05) is 6.04 Å². The van der Waals surface area contributed by atoms with Crippen LogP contribution in [-0.2, 0) is 0 Å². The molecule has 1 aliphatic heterocycles. The zero-order valence-corrected chi connectivity index (χ0v) is 12.2. The quantitative estimate of drug-likeness (QED) is 0.797. The number of aliphatic hydroxyl groups is 1. The molecule has 0 aromatic rings. The molecule has 0 saturated carbocycles. The van der Waals surface area contributed by atoms with Crippen LogP contribution in [0.15, 0.2) is 0 Å². The highest BCUT2D eigenvalue weighted by molar-refractivity contribution is 4.78. The highest BCUT2D eigenvalue weighted by atomic mass is 16.3. The Balaban J connectivity index is 2.32. The minimum Gasteiger partial charge on any atom is -0.393 e. The minimum atomic E-state index is -0.150. The second-order valence-corrected chi connectivity index (χ2v) is 6.93. The van der Waals surface area contributed by atoms with Gasteiger partial charge in [0.25, 0.3) is 0 Å². The Labute approximate surface area is 107 Å². The van der Waals surface area contributed by atoms with Gasteiger partial charge in [-0.1, -0.05) is 27.2 Å². The van der Waals surface area contributed by atoms with Crippen LogP contribution < -0.4 is 0 Å². The average molecular weight is 241 g/mol. The van der Waals surface area contributed by atoms with E-state index in [1.807, 2.05) is 6.92 Å². The van der Waals surface area contributed by atoms with Crippen LogP contribution in [0.5, 0.6) is 0 Å². The van der Waals surface area contributed by atoms with Crippen molar-refractivity contribution >= 4 is 0 Å². The molecular weight excluding hydrogens is 210 g/mol. The van der Waals surface area contributed by atoms with Gasteiger partial charge in [-0.15, -0.1) is 0 Å². The third-order valence-electron chi connectivity index (χ3n) is 3.73. The van der Waals surface area contributed by atoms with Crippen molar-refractivity contribution < 1.29 is 5.11 Å². The van der Waals surface area contributed by atoms with Crippen molar-refractivity contribution in [3.63, 3.8) is 0 Å². The molecule has 0 amide bonds. The van der Waals surface area contributed by atoms with E-state index in [4.69, 9.17) is 0 Å². The largest absolute Gasteiger partial charge is 0.393 e. The Morgan fingerprint density at radius 1 is 1.29 bits per heavy atom. The molecule has 2 heteroatoms. The van der Waals surface area contributed by atoms with Gasteiger partial charge < -0.3 is 10.0 Å². The average Bonchev–Trinajstić information content (AvgIpc) is 2.18. The number of piperidine rings is 1. The van der Waals surface area contributed by atoms with Gasteiger partial charge in [-0.3, -0.25) is 0 Å². The number of likely N-dealkylation sites (tertiary alicyclic amines) is 1. The van der Waals surface area contributed by atoms with Crippen LogP contribution in [0.3, 0.4) is 0 Å². The summed E-state index contributed by atoms with van der Waals surface area (Å²) in [6.07, 6.45) is 7.35. The molecular formula is C15H31NO. The molecule has 0 aromatic heterocycles. The van der Waals surface area contributed by atoms with E-state index in [9.17, 15) is 5.11 Å². The Bertz CT molecular complexity index is 207. The SMILES string of the molecule is CC(O)CC1CCCCN1CCCC(C)(C)C. The van der Waals surface area contributed by atoms with Gasteiger partial charge in [0.05, 0.1) is 6.10 Å². The van der Waals surface area contributed by atoms with Crippen LogP contribution in [0.25, 0.3) is 0 Å². The van der Waals surface area contributed by atoms with Gasteiger partial charge >= 0.3 is 0 Å². The lowest BCUT2D eigenvalue weighted by Gasteiger charge is -2.37. The molecule has 0 aromatic carbocycles. The van der Waals surface area contributed by atoms with Gasteiger partial charge in [0.15, 0.2) is 0 Å². The highest BCUT2D eigenvalue weighted by Crippen LogP contribution is 2.24. The summed E-state index contributed by atoms with van der Waals surface area (Å²) in [7, 11) is 0. The van der Waals surface area contributed by atoms with Crippen LogP contribution in [0, 0.1) is 5.41 Å². The molecule has 1 fully saturated rings. The number of hydrogen-bond donors (Lipinski definition) is 1. The third kappa shape index (κ3) is 6.42. The summed E-state index contributed by atoms with van der Waals surface area (Å²) in [4.78, 5) is 2.61. The van der Waals surface area contributed by atoms with Crippen LogP contribution in [0.2, 0.25) is 0 Å². The third-order valence-corrected chi connectivity index (χ3v) is 3.73. The highest BCUT2D eigenvalue weighted by Gasteiger charge is 2.23. The lowest BCUT2D eigenvalue weighted by atomic mass is 9.90. The van der Waals surface area contributed by atoms with Gasteiger partial charge in [0.2, 0.25) is 0 Å². The maximum Gasteiger partial charge on any atom is 0.0527 e. The molecule has 17 heavy (non-hydrogen) atoms. The molecule has 2 nitrogen and oxygen atoms in total. The zero-order valence-electron chi connectivity index (χ0n) is 12.2. The standard InChI is InChI=1S/C15H31NO/c1-13(17)12-14-8-5-6-10-16(14)11-7-9-15(2,3)4/h13-14,17H,5-12H2,1-4H3. The van der Waals surface area contributed by atoms with Crippen molar-refractivity contribution in [3.8, 4) is 0 Å². The van der Waals surface area contributed by atoms with Crippen LogP contribution in [0.1, 0.15) is 66.2 Å². The van der Waals surface area contributed by atoms with E-state index in [-0.39, 0.29) is 6.10 Å². The van der Waals surface area contributed by atoms with Crippen molar-refractivity contribution in [1.29, 1.82) is 0 Å². The van der Waals surface area contributed by atoms with Crippen molar-refractivity contribution in [2.45, 2.75) is 78.4 Å². The van der Waals surface area contributed by atoms with E-state index < -0.39 is 0 Å². The molecule has 0 bridgehead atoms. The first-order chi connectivity index (χ1) is 7.88. The van der Waals surface area contributed by atoms with Gasteiger partial charge in [-0.2, -0.15) is 0 Å². The van der Waals surface area contributed by atoms with Crippen LogP contribution in [0.4, 0.5) is 0 Å². The first-order valence-corrected chi connectivity index (χ1v) is 7.30. The monoisotopic (exact) mass is 241 g/mol. The van der Waals surface area contributed by atoms with E-state index in [1.165, 1.54) is 45.2 Å². The first-order valence-electron chi connectivity index (χ1n) is 7.30.